The summed E-state index contributed by atoms with van der Waals surface area (Å²) in [5.74, 6) is 1.21. The third kappa shape index (κ3) is 3.44. The molecule has 1 N–H and O–H groups in total. The molecule has 2 aromatic rings. The van der Waals surface area contributed by atoms with E-state index >= 15 is 0 Å². The van der Waals surface area contributed by atoms with Gasteiger partial charge in [0.1, 0.15) is 21.8 Å². The number of aryl methyl sites for hydroxylation is 1. The number of rotatable bonds is 3. The molecule has 0 radical (unpaired) electrons. The highest BCUT2D eigenvalue weighted by Crippen LogP contribution is 2.23. The van der Waals surface area contributed by atoms with Crippen LogP contribution in [0.5, 0.6) is 0 Å². The Bertz CT molecular complexity index is 706. The van der Waals surface area contributed by atoms with Crippen LogP contribution >= 0.6 is 0 Å². The minimum Gasteiger partial charge on any atom is -0.449 e. The lowest BCUT2D eigenvalue weighted by molar-refractivity contribution is 0.521. The standard InChI is InChI=1S/C15H18N2O3S/c1-11-16-15(10-20-11)12-2-4-13(5-3-12)17-14-6-8-21(18,19)9-7-14/h2-5,10,14,17H,6-9H2,1H3. The number of oxazole rings is 1. The first-order valence-electron chi connectivity index (χ1n) is 7.01. The maximum absolute atomic E-state index is 11.4. The summed E-state index contributed by atoms with van der Waals surface area (Å²) in [6.45, 7) is 1.82. The maximum atomic E-state index is 11.4. The maximum Gasteiger partial charge on any atom is 0.191 e. The van der Waals surface area contributed by atoms with E-state index in [0.717, 1.165) is 16.9 Å². The third-order valence-corrected chi connectivity index (χ3v) is 5.44. The first kappa shape index (κ1) is 14.1. The van der Waals surface area contributed by atoms with Crippen LogP contribution in [0, 0.1) is 6.92 Å². The first-order valence-corrected chi connectivity index (χ1v) is 8.83. The van der Waals surface area contributed by atoms with Crippen LogP contribution in [0.2, 0.25) is 0 Å². The smallest absolute Gasteiger partial charge is 0.191 e. The zero-order chi connectivity index (χ0) is 14.9. The monoisotopic (exact) mass is 306 g/mol. The summed E-state index contributed by atoms with van der Waals surface area (Å²) in [5, 5.41) is 3.39. The molecule has 0 aliphatic carbocycles. The summed E-state index contributed by atoms with van der Waals surface area (Å²) < 4.78 is 28.0. The van der Waals surface area contributed by atoms with Crippen molar-refractivity contribution < 1.29 is 12.8 Å². The Hall–Kier alpha value is -1.82. The molecule has 1 aliphatic heterocycles. The predicted molar refractivity (Wildman–Crippen MR) is 82.0 cm³/mol. The second kappa shape index (κ2) is 5.52. The number of anilines is 1. The van der Waals surface area contributed by atoms with Gasteiger partial charge in [-0.15, -0.1) is 0 Å². The fourth-order valence-corrected chi connectivity index (χ4v) is 3.99. The van der Waals surface area contributed by atoms with Crippen molar-refractivity contribution in [2.24, 2.45) is 0 Å². The summed E-state index contributed by atoms with van der Waals surface area (Å²) in [6, 6.07) is 8.18. The number of hydrogen-bond acceptors (Lipinski definition) is 5. The molecular formula is C15H18N2O3S. The SMILES string of the molecule is Cc1nc(-c2ccc(NC3CCS(=O)(=O)CC3)cc2)co1. The Morgan fingerprint density at radius 3 is 2.43 bits per heavy atom. The van der Waals surface area contributed by atoms with Gasteiger partial charge in [0.25, 0.3) is 0 Å². The van der Waals surface area contributed by atoms with Crippen molar-refractivity contribution in [1.29, 1.82) is 0 Å². The number of aromatic nitrogens is 1. The van der Waals surface area contributed by atoms with Crippen LogP contribution < -0.4 is 5.32 Å². The Labute approximate surface area is 124 Å². The minimum absolute atomic E-state index is 0.230. The summed E-state index contributed by atoms with van der Waals surface area (Å²) in [6.07, 6.45) is 2.99. The average molecular weight is 306 g/mol. The van der Waals surface area contributed by atoms with Gasteiger partial charge in [-0.05, 0) is 25.0 Å². The van der Waals surface area contributed by atoms with Gasteiger partial charge in [-0.3, -0.25) is 0 Å². The molecule has 1 saturated heterocycles. The molecule has 5 nitrogen and oxygen atoms in total. The number of hydrogen-bond donors (Lipinski definition) is 1. The van der Waals surface area contributed by atoms with Crippen LogP contribution in [0.1, 0.15) is 18.7 Å². The van der Waals surface area contributed by atoms with Gasteiger partial charge in [-0.25, -0.2) is 13.4 Å². The molecule has 0 bridgehead atoms. The third-order valence-electron chi connectivity index (χ3n) is 3.73. The van der Waals surface area contributed by atoms with Gasteiger partial charge in [-0.2, -0.15) is 0 Å². The summed E-state index contributed by atoms with van der Waals surface area (Å²) in [5.41, 5.74) is 2.83. The van der Waals surface area contributed by atoms with E-state index in [9.17, 15) is 8.42 Å². The second-order valence-electron chi connectivity index (χ2n) is 5.40. The van der Waals surface area contributed by atoms with Gasteiger partial charge in [0.2, 0.25) is 0 Å². The molecule has 1 aromatic carbocycles. The van der Waals surface area contributed by atoms with Crippen LogP contribution in [0.25, 0.3) is 11.3 Å². The van der Waals surface area contributed by atoms with Crippen molar-refractivity contribution >= 4 is 15.5 Å². The van der Waals surface area contributed by atoms with Crippen LogP contribution in [0.15, 0.2) is 34.9 Å². The molecule has 0 spiro atoms. The van der Waals surface area contributed by atoms with Gasteiger partial charge in [0.05, 0.1) is 11.5 Å². The largest absolute Gasteiger partial charge is 0.449 e. The van der Waals surface area contributed by atoms with E-state index in [1.54, 1.807) is 6.26 Å². The lowest BCUT2D eigenvalue weighted by Crippen LogP contribution is -2.32. The Balaban J connectivity index is 1.65. The quantitative estimate of drug-likeness (QED) is 0.943. The molecule has 6 heteroatoms. The van der Waals surface area contributed by atoms with Gasteiger partial charge in [0.15, 0.2) is 5.89 Å². The van der Waals surface area contributed by atoms with Crippen molar-refractivity contribution in [3.8, 4) is 11.3 Å². The lowest BCUT2D eigenvalue weighted by Gasteiger charge is -2.24. The van der Waals surface area contributed by atoms with Gasteiger partial charge < -0.3 is 9.73 Å². The fraction of sp³-hybridized carbons (Fsp3) is 0.400. The fourth-order valence-electron chi connectivity index (χ4n) is 2.50. The molecule has 0 amide bonds. The Kier molecular flexibility index (Phi) is 3.71. The van der Waals surface area contributed by atoms with Crippen LogP contribution in [-0.2, 0) is 9.84 Å². The van der Waals surface area contributed by atoms with Gasteiger partial charge in [0, 0.05) is 24.2 Å². The van der Waals surface area contributed by atoms with Gasteiger partial charge in [-0.1, -0.05) is 12.1 Å². The molecule has 21 heavy (non-hydrogen) atoms. The van der Waals surface area contributed by atoms with Crippen LogP contribution in [0.3, 0.4) is 0 Å². The van der Waals surface area contributed by atoms with Gasteiger partial charge >= 0.3 is 0 Å². The van der Waals surface area contributed by atoms with E-state index < -0.39 is 9.84 Å². The Morgan fingerprint density at radius 1 is 1.19 bits per heavy atom. The molecule has 2 heterocycles. The van der Waals surface area contributed by atoms with E-state index in [0.29, 0.717) is 18.7 Å². The van der Waals surface area contributed by atoms with Crippen molar-refractivity contribution in [3.05, 3.63) is 36.4 Å². The summed E-state index contributed by atoms with van der Waals surface area (Å²) in [4.78, 5) is 4.29. The number of sulfone groups is 1. The van der Waals surface area contributed by atoms with E-state index in [1.165, 1.54) is 0 Å². The van der Waals surface area contributed by atoms with Crippen molar-refractivity contribution in [3.63, 3.8) is 0 Å². The van der Waals surface area contributed by atoms with Crippen LogP contribution in [-0.4, -0.2) is 30.9 Å². The van der Waals surface area contributed by atoms with Crippen molar-refractivity contribution in [1.82, 2.24) is 4.98 Å². The molecule has 0 saturated carbocycles. The van der Waals surface area contributed by atoms with Crippen LogP contribution in [0.4, 0.5) is 5.69 Å². The highest BCUT2D eigenvalue weighted by Gasteiger charge is 2.23. The molecule has 1 fully saturated rings. The van der Waals surface area contributed by atoms with E-state index in [4.69, 9.17) is 4.42 Å². The zero-order valence-electron chi connectivity index (χ0n) is 11.9. The number of nitrogens with zero attached hydrogens (tertiary/aromatic N) is 1. The summed E-state index contributed by atoms with van der Waals surface area (Å²) >= 11 is 0. The molecular weight excluding hydrogens is 288 g/mol. The molecule has 0 unspecified atom stereocenters. The predicted octanol–water partition coefficient (Wildman–Crippen LogP) is 2.64. The molecule has 1 aliphatic rings. The molecule has 3 rings (SSSR count). The molecule has 0 atom stereocenters. The normalized spacial score (nSPS) is 18.5. The second-order valence-corrected chi connectivity index (χ2v) is 7.70. The first-order chi connectivity index (χ1) is 10.0. The Morgan fingerprint density at radius 2 is 1.86 bits per heavy atom. The minimum atomic E-state index is -2.81. The number of nitrogens with one attached hydrogen (secondary N) is 1. The molecule has 1 aromatic heterocycles. The zero-order valence-corrected chi connectivity index (χ0v) is 12.7. The van der Waals surface area contributed by atoms with E-state index in [1.807, 2.05) is 31.2 Å². The highest BCUT2D eigenvalue weighted by molar-refractivity contribution is 7.91. The van der Waals surface area contributed by atoms with Crippen molar-refractivity contribution in [2.75, 3.05) is 16.8 Å². The lowest BCUT2D eigenvalue weighted by atomic mass is 10.1. The van der Waals surface area contributed by atoms with Crippen molar-refractivity contribution in [2.45, 2.75) is 25.8 Å². The number of benzene rings is 1. The van der Waals surface area contributed by atoms with E-state index in [-0.39, 0.29) is 17.5 Å². The molecule has 112 valence electrons. The average Bonchev–Trinajstić information content (AvgIpc) is 2.89. The topological polar surface area (TPSA) is 72.2 Å². The summed E-state index contributed by atoms with van der Waals surface area (Å²) in [7, 11) is -2.81. The van der Waals surface area contributed by atoms with E-state index in [2.05, 4.69) is 10.3 Å². The highest BCUT2D eigenvalue weighted by atomic mass is 32.2.